The fraction of sp³-hybridized carbons (Fsp3) is 0.240. The summed E-state index contributed by atoms with van der Waals surface area (Å²) in [5.74, 6) is -0.316. The first-order valence-electron chi connectivity index (χ1n) is 10.5. The van der Waals surface area contributed by atoms with E-state index in [1.807, 2.05) is 80.6 Å². The topological polar surface area (TPSA) is 84.7 Å². The number of hydrogen-bond acceptors (Lipinski definition) is 4. The number of aromatic nitrogens is 1. The van der Waals surface area contributed by atoms with Crippen LogP contribution in [0.2, 0.25) is 0 Å². The number of benzene rings is 2. The molecular weight excluding hydrogens is 404 g/mol. The van der Waals surface area contributed by atoms with Crippen LogP contribution in [-0.4, -0.2) is 29.4 Å². The smallest absolute Gasteiger partial charge is 0.407 e. The minimum atomic E-state index is -0.564. The Hall–Kier alpha value is -3.87. The quantitative estimate of drug-likeness (QED) is 0.408. The van der Waals surface area contributed by atoms with Crippen LogP contribution < -0.4 is 10.7 Å². The molecule has 32 heavy (non-hydrogen) atoms. The first kappa shape index (κ1) is 22.8. The molecule has 7 heteroatoms. The Balaban J connectivity index is 1.67. The SMILES string of the molecule is CCOC(=O)N[C@@H](CC(=O)N/N=C\c1cc(C)n(-c2ccccc2)c1C)c1ccccc1. The number of hydrazone groups is 1. The molecule has 0 radical (unpaired) electrons. The average Bonchev–Trinajstić information content (AvgIpc) is 3.07. The molecule has 0 saturated carbocycles. The van der Waals surface area contributed by atoms with Crippen molar-refractivity contribution in [2.24, 2.45) is 5.10 Å². The number of rotatable bonds is 8. The van der Waals surface area contributed by atoms with Crippen LogP contribution in [0.15, 0.2) is 71.8 Å². The zero-order chi connectivity index (χ0) is 22.9. The Kier molecular flexibility index (Phi) is 7.80. The van der Waals surface area contributed by atoms with Gasteiger partial charge in [-0.3, -0.25) is 4.79 Å². The van der Waals surface area contributed by atoms with Crippen LogP contribution in [0.5, 0.6) is 0 Å². The molecule has 0 spiro atoms. The van der Waals surface area contributed by atoms with Crippen LogP contribution in [0.1, 0.15) is 41.9 Å². The molecule has 1 atom stereocenters. The first-order valence-corrected chi connectivity index (χ1v) is 10.5. The molecule has 3 rings (SSSR count). The predicted molar refractivity (Wildman–Crippen MR) is 125 cm³/mol. The van der Waals surface area contributed by atoms with Gasteiger partial charge >= 0.3 is 6.09 Å². The third kappa shape index (κ3) is 5.85. The number of aryl methyl sites for hydroxylation is 1. The maximum atomic E-state index is 12.5. The van der Waals surface area contributed by atoms with Crippen molar-refractivity contribution in [1.29, 1.82) is 0 Å². The Labute approximate surface area is 188 Å². The largest absolute Gasteiger partial charge is 0.450 e. The second-order valence-electron chi connectivity index (χ2n) is 7.32. The molecule has 1 aromatic heterocycles. The molecule has 0 saturated heterocycles. The van der Waals surface area contributed by atoms with Gasteiger partial charge in [-0.25, -0.2) is 10.2 Å². The molecule has 0 bridgehead atoms. The monoisotopic (exact) mass is 432 g/mol. The third-order valence-corrected chi connectivity index (χ3v) is 5.04. The number of carbonyl (C=O) groups excluding carboxylic acids is 2. The zero-order valence-electron chi connectivity index (χ0n) is 18.5. The number of alkyl carbamates (subject to hydrolysis) is 1. The highest BCUT2D eigenvalue weighted by molar-refractivity contribution is 5.84. The van der Waals surface area contributed by atoms with Gasteiger partial charge in [0, 0.05) is 22.6 Å². The van der Waals surface area contributed by atoms with Crippen molar-refractivity contribution in [3.63, 3.8) is 0 Å². The van der Waals surface area contributed by atoms with Crippen molar-refractivity contribution in [1.82, 2.24) is 15.3 Å². The molecule has 0 fully saturated rings. The molecule has 3 aromatic rings. The number of hydrogen-bond donors (Lipinski definition) is 2. The summed E-state index contributed by atoms with van der Waals surface area (Å²) in [6.07, 6.45) is 1.10. The second-order valence-corrected chi connectivity index (χ2v) is 7.32. The predicted octanol–water partition coefficient (Wildman–Crippen LogP) is 4.42. The lowest BCUT2D eigenvalue weighted by atomic mass is 10.0. The van der Waals surface area contributed by atoms with Gasteiger partial charge < -0.3 is 14.6 Å². The molecule has 2 aromatic carbocycles. The van der Waals surface area contributed by atoms with E-state index in [4.69, 9.17) is 4.74 Å². The molecule has 0 unspecified atom stereocenters. The second kappa shape index (κ2) is 10.9. The number of para-hydroxylation sites is 1. The summed E-state index contributed by atoms with van der Waals surface area (Å²) in [7, 11) is 0. The van der Waals surface area contributed by atoms with Gasteiger partial charge in [-0.15, -0.1) is 0 Å². The summed E-state index contributed by atoms with van der Waals surface area (Å²) < 4.78 is 7.10. The van der Waals surface area contributed by atoms with E-state index in [0.717, 1.165) is 28.2 Å². The van der Waals surface area contributed by atoms with E-state index in [1.54, 1.807) is 13.1 Å². The Morgan fingerprint density at radius 2 is 1.72 bits per heavy atom. The van der Waals surface area contributed by atoms with Gasteiger partial charge in [0.25, 0.3) is 0 Å². The standard InChI is InChI=1S/C25H28N4O3/c1-4-32-25(31)27-23(20-11-7-5-8-12-20)16-24(30)28-26-17-21-15-18(2)29(19(21)3)22-13-9-6-10-14-22/h5-15,17,23H,4,16H2,1-3H3,(H,27,31)(H,28,30)/b26-17-/t23-/m0/s1. The number of nitrogens with one attached hydrogen (secondary N) is 2. The molecule has 2 N–H and O–H groups in total. The van der Waals surface area contributed by atoms with Crippen LogP contribution in [0, 0.1) is 13.8 Å². The molecule has 0 aliphatic rings. The van der Waals surface area contributed by atoms with Gasteiger partial charge in [-0.1, -0.05) is 48.5 Å². The molecular formula is C25H28N4O3. The Morgan fingerprint density at radius 3 is 2.38 bits per heavy atom. The van der Waals surface area contributed by atoms with E-state index in [-0.39, 0.29) is 18.9 Å². The van der Waals surface area contributed by atoms with Crippen molar-refractivity contribution < 1.29 is 14.3 Å². The summed E-state index contributed by atoms with van der Waals surface area (Å²) in [6, 6.07) is 20.9. The lowest BCUT2D eigenvalue weighted by Gasteiger charge is -2.18. The lowest BCUT2D eigenvalue weighted by Crippen LogP contribution is -2.33. The molecule has 2 amide bonds. The van der Waals surface area contributed by atoms with Gasteiger partial charge in [0.15, 0.2) is 0 Å². The summed E-state index contributed by atoms with van der Waals surface area (Å²) in [5.41, 5.74) is 7.46. The van der Waals surface area contributed by atoms with Crippen molar-refractivity contribution in [3.8, 4) is 5.69 Å². The number of carbonyl (C=O) groups is 2. The average molecular weight is 433 g/mol. The van der Waals surface area contributed by atoms with Crippen LogP contribution in [-0.2, 0) is 9.53 Å². The number of ether oxygens (including phenoxy) is 1. The summed E-state index contributed by atoms with van der Waals surface area (Å²) in [6.45, 7) is 6.03. The number of nitrogens with zero attached hydrogens (tertiary/aromatic N) is 2. The zero-order valence-corrected chi connectivity index (χ0v) is 18.5. The Morgan fingerprint density at radius 1 is 1.06 bits per heavy atom. The maximum Gasteiger partial charge on any atom is 0.407 e. The van der Waals surface area contributed by atoms with Gasteiger partial charge in [0.1, 0.15) is 0 Å². The molecule has 7 nitrogen and oxygen atoms in total. The number of amides is 2. The van der Waals surface area contributed by atoms with Gasteiger partial charge in [0.2, 0.25) is 5.91 Å². The fourth-order valence-electron chi connectivity index (χ4n) is 3.55. The fourth-order valence-corrected chi connectivity index (χ4v) is 3.55. The molecule has 0 aliphatic carbocycles. The summed E-state index contributed by atoms with van der Waals surface area (Å²) in [4.78, 5) is 24.4. The van der Waals surface area contributed by atoms with Crippen molar-refractivity contribution in [2.75, 3.05) is 6.61 Å². The van der Waals surface area contributed by atoms with E-state index in [9.17, 15) is 9.59 Å². The highest BCUT2D eigenvalue weighted by atomic mass is 16.5. The van der Waals surface area contributed by atoms with Crippen LogP contribution >= 0.6 is 0 Å². The minimum Gasteiger partial charge on any atom is -0.450 e. The first-order chi connectivity index (χ1) is 15.5. The van der Waals surface area contributed by atoms with E-state index in [2.05, 4.69) is 20.4 Å². The van der Waals surface area contributed by atoms with Gasteiger partial charge in [-0.2, -0.15) is 5.10 Å². The van der Waals surface area contributed by atoms with Crippen molar-refractivity contribution >= 4 is 18.2 Å². The van der Waals surface area contributed by atoms with E-state index < -0.39 is 12.1 Å². The maximum absolute atomic E-state index is 12.5. The highest BCUT2D eigenvalue weighted by Gasteiger charge is 2.19. The van der Waals surface area contributed by atoms with E-state index in [1.165, 1.54) is 0 Å². The minimum absolute atomic E-state index is 0.0310. The van der Waals surface area contributed by atoms with Crippen LogP contribution in [0.4, 0.5) is 4.79 Å². The molecule has 0 aliphatic heterocycles. The molecule has 1 heterocycles. The third-order valence-electron chi connectivity index (χ3n) is 5.04. The van der Waals surface area contributed by atoms with Gasteiger partial charge in [-0.05, 0) is 44.5 Å². The Bertz CT molecular complexity index is 1080. The lowest BCUT2D eigenvalue weighted by molar-refractivity contribution is -0.121. The van der Waals surface area contributed by atoms with Gasteiger partial charge in [0.05, 0.1) is 25.3 Å². The van der Waals surface area contributed by atoms with Crippen LogP contribution in [0.3, 0.4) is 0 Å². The summed E-state index contributed by atoms with van der Waals surface area (Å²) >= 11 is 0. The molecule has 166 valence electrons. The normalized spacial score (nSPS) is 11.8. The van der Waals surface area contributed by atoms with E-state index in [0.29, 0.717) is 0 Å². The van der Waals surface area contributed by atoms with E-state index >= 15 is 0 Å². The van der Waals surface area contributed by atoms with Crippen LogP contribution in [0.25, 0.3) is 5.69 Å². The summed E-state index contributed by atoms with van der Waals surface area (Å²) in [5, 5.41) is 6.86. The highest BCUT2D eigenvalue weighted by Crippen LogP contribution is 2.20. The van der Waals surface area contributed by atoms with Crippen molar-refractivity contribution in [3.05, 3.63) is 89.2 Å². The van der Waals surface area contributed by atoms with Crippen molar-refractivity contribution in [2.45, 2.75) is 33.2 Å².